The Hall–Kier alpha value is -2.01. The highest BCUT2D eigenvalue weighted by Gasteiger charge is 2.33. The number of amides is 2. The van der Waals surface area contributed by atoms with Gasteiger partial charge in [-0.3, -0.25) is 0 Å². The summed E-state index contributed by atoms with van der Waals surface area (Å²) in [7, 11) is 5.27. The third-order valence-electron chi connectivity index (χ3n) is 4.03. The molecule has 1 atom stereocenters. The van der Waals surface area contributed by atoms with Crippen LogP contribution in [0.3, 0.4) is 0 Å². The number of rotatable bonds is 2. The van der Waals surface area contributed by atoms with Crippen molar-refractivity contribution in [3.8, 4) is 5.75 Å². The number of nitrogens with zero attached hydrogens (tertiary/aromatic N) is 2. The SMILES string of the molecule is COc1ccc([C@H]2c3ccsc3CCN2C(=O)N(C)C)cc1. The summed E-state index contributed by atoms with van der Waals surface area (Å²) in [6, 6.07) is 10.2. The quantitative estimate of drug-likeness (QED) is 0.851. The monoisotopic (exact) mass is 316 g/mol. The number of ether oxygens (including phenoxy) is 1. The predicted molar refractivity (Wildman–Crippen MR) is 88.6 cm³/mol. The molecule has 0 aliphatic carbocycles. The predicted octanol–water partition coefficient (Wildman–Crippen LogP) is 3.39. The van der Waals surface area contributed by atoms with Gasteiger partial charge in [0.1, 0.15) is 5.75 Å². The van der Waals surface area contributed by atoms with Crippen molar-refractivity contribution < 1.29 is 9.53 Å². The smallest absolute Gasteiger partial charge is 0.320 e. The van der Waals surface area contributed by atoms with E-state index in [1.165, 1.54) is 10.4 Å². The molecular formula is C17H20N2O2S. The van der Waals surface area contributed by atoms with Gasteiger partial charge in [-0.15, -0.1) is 11.3 Å². The van der Waals surface area contributed by atoms with Gasteiger partial charge in [0.15, 0.2) is 0 Å². The lowest BCUT2D eigenvalue weighted by Gasteiger charge is -2.37. The zero-order chi connectivity index (χ0) is 15.7. The van der Waals surface area contributed by atoms with Crippen LogP contribution in [-0.4, -0.2) is 43.6 Å². The molecule has 4 nitrogen and oxygen atoms in total. The summed E-state index contributed by atoms with van der Waals surface area (Å²) in [5.74, 6) is 0.829. The Morgan fingerprint density at radius 2 is 2.00 bits per heavy atom. The van der Waals surface area contributed by atoms with E-state index in [2.05, 4.69) is 11.4 Å². The molecule has 1 aliphatic rings. The molecule has 0 radical (unpaired) electrons. The molecule has 1 aromatic heterocycles. The summed E-state index contributed by atoms with van der Waals surface area (Å²) in [6.45, 7) is 0.751. The summed E-state index contributed by atoms with van der Waals surface area (Å²) >= 11 is 1.78. The van der Waals surface area contributed by atoms with Crippen LogP contribution in [0.15, 0.2) is 35.7 Å². The van der Waals surface area contributed by atoms with E-state index in [0.717, 1.165) is 24.3 Å². The van der Waals surface area contributed by atoms with Crippen LogP contribution >= 0.6 is 11.3 Å². The highest BCUT2D eigenvalue weighted by molar-refractivity contribution is 7.10. The number of benzene rings is 1. The van der Waals surface area contributed by atoms with Crippen LogP contribution in [0.25, 0.3) is 0 Å². The van der Waals surface area contributed by atoms with E-state index in [1.807, 2.05) is 29.2 Å². The van der Waals surface area contributed by atoms with Gasteiger partial charge in [-0.1, -0.05) is 12.1 Å². The Morgan fingerprint density at radius 3 is 2.64 bits per heavy atom. The number of fused-ring (bicyclic) bond motifs is 1. The number of thiophene rings is 1. The Morgan fingerprint density at radius 1 is 1.27 bits per heavy atom. The fourth-order valence-corrected chi connectivity index (χ4v) is 3.83. The van der Waals surface area contributed by atoms with E-state index in [-0.39, 0.29) is 12.1 Å². The summed E-state index contributed by atoms with van der Waals surface area (Å²) < 4.78 is 5.24. The summed E-state index contributed by atoms with van der Waals surface area (Å²) in [5, 5.41) is 2.12. The summed E-state index contributed by atoms with van der Waals surface area (Å²) in [4.78, 5) is 17.5. The van der Waals surface area contributed by atoms with E-state index < -0.39 is 0 Å². The highest BCUT2D eigenvalue weighted by atomic mass is 32.1. The maximum absolute atomic E-state index is 12.6. The van der Waals surface area contributed by atoms with Gasteiger partial charge in [0.2, 0.25) is 0 Å². The van der Waals surface area contributed by atoms with Gasteiger partial charge >= 0.3 is 6.03 Å². The van der Waals surface area contributed by atoms with Crippen LogP contribution in [0.5, 0.6) is 5.75 Å². The molecule has 0 N–H and O–H groups in total. The molecule has 2 amide bonds. The van der Waals surface area contributed by atoms with Crippen LogP contribution in [0.1, 0.15) is 22.0 Å². The van der Waals surface area contributed by atoms with Crippen molar-refractivity contribution in [1.82, 2.24) is 9.80 Å². The minimum Gasteiger partial charge on any atom is -0.497 e. The fourth-order valence-electron chi connectivity index (χ4n) is 2.93. The Labute approximate surface area is 134 Å². The standard InChI is InChI=1S/C17H20N2O2S/c1-18(2)17(20)19-10-8-15-14(9-11-22-15)16(19)12-4-6-13(21-3)7-5-12/h4-7,9,11,16H,8,10H2,1-3H3/t16-/m0/s1. The molecule has 0 unspecified atom stereocenters. The van der Waals surface area contributed by atoms with Crippen LogP contribution in [0, 0.1) is 0 Å². The van der Waals surface area contributed by atoms with Crippen LogP contribution in [0.4, 0.5) is 4.79 Å². The second kappa shape index (κ2) is 6.01. The van der Waals surface area contributed by atoms with E-state index in [1.54, 1.807) is 37.4 Å². The zero-order valence-corrected chi connectivity index (χ0v) is 13.9. The van der Waals surface area contributed by atoms with Crippen LogP contribution in [-0.2, 0) is 6.42 Å². The number of hydrogen-bond acceptors (Lipinski definition) is 3. The summed E-state index contributed by atoms with van der Waals surface area (Å²) in [6.07, 6.45) is 0.930. The largest absolute Gasteiger partial charge is 0.497 e. The van der Waals surface area contributed by atoms with Gasteiger partial charge in [-0.25, -0.2) is 4.79 Å². The van der Waals surface area contributed by atoms with Gasteiger partial charge in [0.25, 0.3) is 0 Å². The van der Waals surface area contributed by atoms with Crippen molar-refractivity contribution in [2.75, 3.05) is 27.7 Å². The number of carbonyl (C=O) groups is 1. The van der Waals surface area contributed by atoms with Crippen molar-refractivity contribution in [2.45, 2.75) is 12.5 Å². The normalized spacial score (nSPS) is 17.0. The molecule has 2 heterocycles. The average molecular weight is 316 g/mol. The van der Waals surface area contributed by atoms with E-state index in [9.17, 15) is 4.79 Å². The molecule has 1 aliphatic heterocycles. The number of urea groups is 1. The molecule has 0 spiro atoms. The minimum absolute atomic E-state index is 0.0178. The van der Waals surface area contributed by atoms with Gasteiger partial charge in [0.05, 0.1) is 13.2 Å². The Bertz CT molecular complexity index is 664. The second-order valence-corrected chi connectivity index (χ2v) is 6.60. The average Bonchev–Trinajstić information content (AvgIpc) is 3.01. The lowest BCUT2D eigenvalue weighted by molar-refractivity contribution is 0.154. The lowest BCUT2D eigenvalue weighted by Crippen LogP contribution is -2.45. The van der Waals surface area contributed by atoms with Crippen molar-refractivity contribution in [1.29, 1.82) is 0 Å². The first-order chi connectivity index (χ1) is 10.6. The molecule has 116 valence electrons. The molecule has 1 aromatic carbocycles. The van der Waals surface area contributed by atoms with E-state index >= 15 is 0 Å². The Balaban J connectivity index is 2.03. The molecule has 0 saturated heterocycles. The third kappa shape index (κ3) is 2.57. The van der Waals surface area contributed by atoms with Gasteiger partial charge in [-0.05, 0) is 41.1 Å². The number of methoxy groups -OCH3 is 1. The highest BCUT2D eigenvalue weighted by Crippen LogP contribution is 2.38. The zero-order valence-electron chi connectivity index (χ0n) is 13.1. The second-order valence-electron chi connectivity index (χ2n) is 5.60. The van der Waals surface area contributed by atoms with Crippen LogP contribution < -0.4 is 4.74 Å². The molecule has 0 saturated carbocycles. The topological polar surface area (TPSA) is 32.8 Å². The van der Waals surface area contributed by atoms with E-state index in [4.69, 9.17) is 4.74 Å². The Kier molecular flexibility index (Phi) is 4.07. The minimum atomic E-state index is -0.0178. The number of carbonyl (C=O) groups excluding carboxylic acids is 1. The molecule has 22 heavy (non-hydrogen) atoms. The van der Waals surface area contributed by atoms with Crippen molar-refractivity contribution in [2.24, 2.45) is 0 Å². The molecule has 3 rings (SSSR count). The van der Waals surface area contributed by atoms with Crippen molar-refractivity contribution in [3.63, 3.8) is 0 Å². The fraction of sp³-hybridized carbons (Fsp3) is 0.353. The number of hydrogen-bond donors (Lipinski definition) is 0. The molecular weight excluding hydrogens is 296 g/mol. The molecule has 0 fully saturated rings. The molecule has 2 aromatic rings. The first kappa shape index (κ1) is 14.9. The first-order valence-corrected chi connectivity index (χ1v) is 8.18. The summed E-state index contributed by atoms with van der Waals surface area (Å²) in [5.41, 5.74) is 2.37. The molecule has 5 heteroatoms. The maximum atomic E-state index is 12.6. The van der Waals surface area contributed by atoms with E-state index in [0.29, 0.717) is 0 Å². The lowest BCUT2D eigenvalue weighted by atomic mass is 9.93. The van der Waals surface area contributed by atoms with Crippen molar-refractivity contribution in [3.05, 3.63) is 51.7 Å². The molecule has 0 bridgehead atoms. The van der Waals surface area contributed by atoms with Crippen LogP contribution in [0.2, 0.25) is 0 Å². The van der Waals surface area contributed by atoms with Gasteiger partial charge in [0, 0.05) is 25.5 Å². The van der Waals surface area contributed by atoms with Gasteiger partial charge in [-0.2, -0.15) is 0 Å². The first-order valence-electron chi connectivity index (χ1n) is 7.30. The van der Waals surface area contributed by atoms with Crippen molar-refractivity contribution >= 4 is 17.4 Å². The third-order valence-corrected chi connectivity index (χ3v) is 5.02. The van der Waals surface area contributed by atoms with Gasteiger partial charge < -0.3 is 14.5 Å². The maximum Gasteiger partial charge on any atom is 0.320 e.